The van der Waals surface area contributed by atoms with E-state index in [1.807, 2.05) is 12.1 Å². The fraction of sp³-hybridized carbons (Fsp3) is 0.200. The molecule has 1 aliphatic rings. The summed E-state index contributed by atoms with van der Waals surface area (Å²) in [6, 6.07) is 14.9. The van der Waals surface area contributed by atoms with Crippen LogP contribution in [0.1, 0.15) is 25.3 Å². The molecule has 0 N–H and O–H groups in total. The lowest BCUT2D eigenvalue weighted by molar-refractivity contribution is 0.290. The summed E-state index contributed by atoms with van der Waals surface area (Å²) in [5.41, 5.74) is 3.81. The molecule has 124 valence electrons. The van der Waals surface area contributed by atoms with Gasteiger partial charge in [0.15, 0.2) is 0 Å². The van der Waals surface area contributed by atoms with Gasteiger partial charge in [-0.15, -0.1) is 11.3 Å². The van der Waals surface area contributed by atoms with Crippen LogP contribution in [0.3, 0.4) is 0 Å². The van der Waals surface area contributed by atoms with Crippen LogP contribution in [0.5, 0.6) is 0 Å². The van der Waals surface area contributed by atoms with Crippen molar-refractivity contribution in [2.75, 3.05) is 0 Å². The Hall–Kier alpha value is -2.17. The smallest absolute Gasteiger partial charge is 0.0939 e. The maximum atomic E-state index is 6.54. The summed E-state index contributed by atoms with van der Waals surface area (Å²) in [6.07, 6.45) is 5.80. The zero-order chi connectivity index (χ0) is 16.8. The van der Waals surface area contributed by atoms with Crippen LogP contribution < -0.4 is 0 Å². The van der Waals surface area contributed by atoms with Gasteiger partial charge in [-0.1, -0.05) is 23.7 Å². The summed E-state index contributed by atoms with van der Waals surface area (Å²) >= 11 is 8.24. The molecule has 0 atom stereocenters. The van der Waals surface area contributed by atoms with Gasteiger partial charge >= 0.3 is 0 Å². The highest BCUT2D eigenvalue weighted by molar-refractivity contribution is 7.13. The third-order valence-corrected chi connectivity index (χ3v) is 6.09. The average molecular weight is 366 g/mol. The molecule has 5 rings (SSSR count). The first kappa shape index (κ1) is 15.1. The number of fused-ring (bicyclic) bond motifs is 1. The van der Waals surface area contributed by atoms with Gasteiger partial charge in [-0.3, -0.25) is 4.68 Å². The van der Waals surface area contributed by atoms with Gasteiger partial charge in [-0.2, -0.15) is 5.10 Å². The summed E-state index contributed by atoms with van der Waals surface area (Å²) in [5, 5.41) is 8.59. The van der Waals surface area contributed by atoms with E-state index in [4.69, 9.17) is 21.7 Å². The van der Waals surface area contributed by atoms with Gasteiger partial charge in [0.1, 0.15) is 0 Å². The van der Waals surface area contributed by atoms with Crippen molar-refractivity contribution in [2.45, 2.75) is 25.3 Å². The molecule has 3 aromatic heterocycles. The third-order valence-electron chi connectivity index (χ3n) is 4.88. The van der Waals surface area contributed by atoms with E-state index in [0.29, 0.717) is 6.04 Å². The lowest BCUT2D eigenvalue weighted by atomic mass is 9.93. The number of halogens is 1. The molecular formula is C20H16ClN3S. The van der Waals surface area contributed by atoms with E-state index in [2.05, 4.69) is 46.6 Å². The Kier molecular flexibility index (Phi) is 3.61. The van der Waals surface area contributed by atoms with Gasteiger partial charge < -0.3 is 0 Å². The second-order valence-corrected chi connectivity index (χ2v) is 7.82. The lowest BCUT2D eigenvalue weighted by Gasteiger charge is -2.25. The average Bonchev–Trinajstić information content (AvgIpc) is 3.24. The SMILES string of the molecule is Clc1cc2ccc(-c3cccs3)nc2cc1-c1ccn(C2CCC2)n1. The normalized spacial score (nSPS) is 14.8. The number of pyridine rings is 1. The molecule has 0 spiro atoms. The molecule has 1 saturated carbocycles. The maximum Gasteiger partial charge on any atom is 0.0939 e. The van der Waals surface area contributed by atoms with Crippen molar-refractivity contribution >= 4 is 33.8 Å². The fourth-order valence-corrected chi connectivity index (χ4v) is 4.20. The number of thiophene rings is 1. The number of aromatic nitrogens is 3. The maximum absolute atomic E-state index is 6.54. The van der Waals surface area contributed by atoms with E-state index >= 15 is 0 Å². The van der Waals surface area contributed by atoms with E-state index in [-0.39, 0.29) is 0 Å². The van der Waals surface area contributed by atoms with Crippen LogP contribution in [0.15, 0.2) is 54.0 Å². The summed E-state index contributed by atoms with van der Waals surface area (Å²) < 4.78 is 2.08. The summed E-state index contributed by atoms with van der Waals surface area (Å²) in [4.78, 5) is 6.01. The highest BCUT2D eigenvalue weighted by Gasteiger charge is 2.20. The quantitative estimate of drug-likeness (QED) is 0.432. The van der Waals surface area contributed by atoms with Gasteiger partial charge in [-0.05, 0) is 55.0 Å². The van der Waals surface area contributed by atoms with Gasteiger partial charge in [0.25, 0.3) is 0 Å². The van der Waals surface area contributed by atoms with E-state index in [0.717, 1.165) is 32.9 Å². The lowest BCUT2D eigenvalue weighted by Crippen LogP contribution is -2.17. The largest absolute Gasteiger partial charge is 0.269 e. The molecule has 0 radical (unpaired) electrons. The number of rotatable bonds is 3. The predicted molar refractivity (Wildman–Crippen MR) is 104 cm³/mol. The molecule has 0 aliphatic heterocycles. The van der Waals surface area contributed by atoms with Crippen molar-refractivity contribution in [3.8, 4) is 21.8 Å². The van der Waals surface area contributed by atoms with Crippen molar-refractivity contribution in [2.24, 2.45) is 0 Å². The topological polar surface area (TPSA) is 30.7 Å². The Bertz CT molecular complexity index is 1050. The summed E-state index contributed by atoms with van der Waals surface area (Å²) in [5.74, 6) is 0. The van der Waals surface area contributed by atoms with Crippen LogP contribution in [0.4, 0.5) is 0 Å². The van der Waals surface area contributed by atoms with Crippen LogP contribution in [0.25, 0.3) is 32.7 Å². The van der Waals surface area contributed by atoms with Crippen LogP contribution in [-0.4, -0.2) is 14.8 Å². The van der Waals surface area contributed by atoms with Crippen molar-refractivity contribution in [3.05, 3.63) is 59.1 Å². The molecule has 3 nitrogen and oxygen atoms in total. The Morgan fingerprint density at radius 2 is 2.00 bits per heavy atom. The first-order chi connectivity index (χ1) is 12.3. The molecule has 0 unspecified atom stereocenters. The Morgan fingerprint density at radius 3 is 2.76 bits per heavy atom. The molecular weight excluding hydrogens is 350 g/mol. The molecule has 25 heavy (non-hydrogen) atoms. The molecule has 0 amide bonds. The first-order valence-electron chi connectivity index (χ1n) is 8.48. The monoisotopic (exact) mass is 365 g/mol. The van der Waals surface area contributed by atoms with Crippen LogP contribution in [0, 0.1) is 0 Å². The molecule has 3 heterocycles. The standard InChI is InChI=1S/C20H16ClN3S/c21-16-11-13-6-7-18(20-5-2-10-25-20)22-19(13)12-15(16)17-8-9-24(23-17)14-3-1-4-14/h2,5-12,14H,1,3-4H2. The second-order valence-electron chi connectivity index (χ2n) is 6.46. The molecule has 5 heteroatoms. The van der Waals surface area contributed by atoms with Crippen LogP contribution >= 0.6 is 22.9 Å². The van der Waals surface area contributed by atoms with Crippen molar-refractivity contribution < 1.29 is 0 Å². The van der Waals surface area contributed by atoms with Gasteiger partial charge in [0.2, 0.25) is 0 Å². The van der Waals surface area contributed by atoms with Gasteiger partial charge in [0.05, 0.1) is 32.8 Å². The number of nitrogens with zero attached hydrogens (tertiary/aromatic N) is 3. The third kappa shape index (κ3) is 2.66. The predicted octanol–water partition coefficient (Wildman–Crippen LogP) is 6.21. The van der Waals surface area contributed by atoms with Crippen molar-refractivity contribution in [1.29, 1.82) is 0 Å². The van der Waals surface area contributed by atoms with E-state index in [9.17, 15) is 0 Å². The number of hydrogen-bond donors (Lipinski definition) is 0. The summed E-state index contributed by atoms with van der Waals surface area (Å²) in [6.45, 7) is 0. The van der Waals surface area contributed by atoms with Crippen LogP contribution in [-0.2, 0) is 0 Å². The second kappa shape index (κ2) is 5.97. The van der Waals surface area contributed by atoms with Crippen LogP contribution in [0.2, 0.25) is 5.02 Å². The molecule has 1 aromatic carbocycles. The zero-order valence-electron chi connectivity index (χ0n) is 13.5. The van der Waals surface area contributed by atoms with Crippen molar-refractivity contribution in [3.63, 3.8) is 0 Å². The number of benzene rings is 1. The highest BCUT2D eigenvalue weighted by Crippen LogP contribution is 2.35. The molecule has 4 aromatic rings. The highest BCUT2D eigenvalue weighted by atomic mass is 35.5. The van der Waals surface area contributed by atoms with E-state index < -0.39 is 0 Å². The fourth-order valence-electron chi connectivity index (χ4n) is 3.24. The Labute approximate surface area is 154 Å². The first-order valence-corrected chi connectivity index (χ1v) is 9.73. The van der Waals surface area contributed by atoms with Crippen molar-refractivity contribution in [1.82, 2.24) is 14.8 Å². The number of hydrogen-bond acceptors (Lipinski definition) is 3. The van der Waals surface area contributed by atoms with Gasteiger partial charge in [0, 0.05) is 17.1 Å². The minimum Gasteiger partial charge on any atom is -0.269 e. The van der Waals surface area contributed by atoms with E-state index in [1.54, 1.807) is 11.3 Å². The molecule has 1 aliphatic carbocycles. The van der Waals surface area contributed by atoms with E-state index in [1.165, 1.54) is 24.1 Å². The Balaban J connectivity index is 1.60. The Morgan fingerprint density at radius 1 is 1.08 bits per heavy atom. The molecule has 1 fully saturated rings. The minimum absolute atomic E-state index is 0.552. The van der Waals surface area contributed by atoms with Gasteiger partial charge in [-0.25, -0.2) is 4.98 Å². The zero-order valence-corrected chi connectivity index (χ0v) is 15.1. The summed E-state index contributed by atoms with van der Waals surface area (Å²) in [7, 11) is 0. The molecule has 0 saturated heterocycles. The minimum atomic E-state index is 0.552. The molecule has 0 bridgehead atoms.